The molecule has 2 aliphatic rings. The van der Waals surface area contributed by atoms with Crippen molar-refractivity contribution in [2.45, 2.75) is 26.7 Å². The number of rotatable bonds is 2. The molecule has 0 bridgehead atoms. The Hall–Kier alpha value is -1.97. The van der Waals surface area contributed by atoms with E-state index < -0.39 is 0 Å². The quantitative estimate of drug-likeness (QED) is 0.806. The number of nitrogens with one attached hydrogen (secondary N) is 1. The summed E-state index contributed by atoms with van der Waals surface area (Å²) in [4.78, 5) is 26.9. The highest BCUT2D eigenvalue weighted by atomic mass is 16.2. The first-order chi connectivity index (χ1) is 8.60. The molecule has 1 aliphatic heterocycles. The Kier molecular flexibility index (Phi) is 3.55. The molecule has 0 fully saturated rings. The van der Waals surface area contributed by atoms with Crippen LogP contribution in [0.15, 0.2) is 40.6 Å². The molecule has 1 unspecified atom stereocenters. The minimum Gasteiger partial charge on any atom is -0.325 e. The van der Waals surface area contributed by atoms with Crippen molar-refractivity contribution in [1.29, 1.82) is 0 Å². The summed E-state index contributed by atoms with van der Waals surface area (Å²) in [5, 5.41) is 2.79. The van der Waals surface area contributed by atoms with Crippen molar-refractivity contribution in [3.05, 3.63) is 35.6 Å². The van der Waals surface area contributed by atoms with Gasteiger partial charge in [0.05, 0.1) is 5.71 Å². The Labute approximate surface area is 106 Å². The summed E-state index contributed by atoms with van der Waals surface area (Å²) in [5.74, 6) is -0.144. The summed E-state index contributed by atoms with van der Waals surface area (Å²) >= 11 is 0. The predicted molar refractivity (Wildman–Crippen MR) is 70.0 cm³/mol. The third kappa shape index (κ3) is 2.64. The fourth-order valence-electron chi connectivity index (χ4n) is 2.06. The van der Waals surface area contributed by atoms with Crippen LogP contribution in [0.25, 0.3) is 0 Å². The molecule has 1 atom stereocenters. The summed E-state index contributed by atoms with van der Waals surface area (Å²) in [6.45, 7) is 3.87. The fraction of sp³-hybridized carbons (Fsp3) is 0.357. The molecule has 1 heterocycles. The van der Waals surface area contributed by atoms with E-state index in [0.717, 1.165) is 17.7 Å². The number of hydrogen-bond acceptors (Lipinski definition) is 2. The minimum absolute atomic E-state index is 0.0999. The number of amides is 2. The van der Waals surface area contributed by atoms with E-state index in [1.165, 1.54) is 0 Å². The molecule has 18 heavy (non-hydrogen) atoms. The van der Waals surface area contributed by atoms with Crippen LogP contribution < -0.4 is 5.32 Å². The van der Waals surface area contributed by atoms with Crippen LogP contribution in [-0.4, -0.2) is 17.5 Å². The zero-order chi connectivity index (χ0) is 13.1. The van der Waals surface area contributed by atoms with Crippen molar-refractivity contribution < 1.29 is 9.59 Å². The van der Waals surface area contributed by atoms with Gasteiger partial charge >= 0.3 is 0 Å². The lowest BCUT2D eigenvalue weighted by atomic mass is 9.89. The molecule has 2 rings (SSSR count). The molecular weight excluding hydrogens is 228 g/mol. The first kappa shape index (κ1) is 12.5. The van der Waals surface area contributed by atoms with Crippen LogP contribution in [0.2, 0.25) is 0 Å². The Morgan fingerprint density at radius 3 is 2.94 bits per heavy atom. The average molecular weight is 244 g/mol. The summed E-state index contributed by atoms with van der Waals surface area (Å²) in [7, 11) is 0. The molecule has 0 aromatic rings. The van der Waals surface area contributed by atoms with Gasteiger partial charge in [0.2, 0.25) is 11.8 Å². The summed E-state index contributed by atoms with van der Waals surface area (Å²) in [6.07, 6.45) is 8.39. The number of carbonyl (C=O) groups excluding carboxylic acids is 2. The molecule has 2 amide bonds. The predicted octanol–water partition coefficient (Wildman–Crippen LogP) is 1.90. The molecule has 1 N–H and O–H groups in total. The van der Waals surface area contributed by atoms with Crippen molar-refractivity contribution in [3.63, 3.8) is 0 Å². The molecule has 4 nitrogen and oxygen atoms in total. The molecule has 0 aromatic carbocycles. The van der Waals surface area contributed by atoms with Gasteiger partial charge in [0.15, 0.2) is 0 Å². The number of fused-ring (bicyclic) bond motifs is 1. The molecule has 0 radical (unpaired) electrons. The standard InChI is InChI=1S/C14H16N2O2/c1-3-4-13(17)15-10-5-6-11-9(2)7-14(18)16-12(11)8-10/h5-8,11H,3-4H2,1-2H3,(H,16,18). The number of nitrogens with zero attached hydrogens (tertiary/aromatic N) is 1. The van der Waals surface area contributed by atoms with Crippen molar-refractivity contribution in [2.75, 3.05) is 0 Å². The summed E-state index contributed by atoms with van der Waals surface area (Å²) in [5.41, 5.74) is 2.40. The smallest absolute Gasteiger partial charge is 0.248 e. The lowest BCUT2D eigenvalue weighted by Crippen LogP contribution is -2.32. The third-order valence-corrected chi connectivity index (χ3v) is 2.93. The van der Waals surface area contributed by atoms with Crippen molar-refractivity contribution in [3.8, 4) is 0 Å². The maximum atomic E-state index is 11.5. The van der Waals surface area contributed by atoms with Gasteiger partial charge in [-0.2, -0.15) is 0 Å². The Balaban J connectivity index is 2.22. The average Bonchev–Trinajstić information content (AvgIpc) is 2.28. The maximum absolute atomic E-state index is 11.5. The SMILES string of the molecule is CCCC(=O)N=C1C=CC2C(C)=CC(=O)NC2=C1. The van der Waals surface area contributed by atoms with Crippen LogP contribution in [0, 0.1) is 5.92 Å². The first-order valence-corrected chi connectivity index (χ1v) is 6.10. The number of carbonyl (C=O) groups is 2. The third-order valence-electron chi connectivity index (χ3n) is 2.93. The second kappa shape index (κ2) is 5.12. The molecule has 0 saturated heterocycles. The number of allylic oxidation sites excluding steroid dienone is 3. The molecular formula is C14H16N2O2. The lowest BCUT2D eigenvalue weighted by molar-refractivity contribution is -0.118. The zero-order valence-corrected chi connectivity index (χ0v) is 10.6. The van der Waals surface area contributed by atoms with Crippen molar-refractivity contribution >= 4 is 17.5 Å². The van der Waals surface area contributed by atoms with E-state index in [1.54, 1.807) is 12.2 Å². The first-order valence-electron chi connectivity index (χ1n) is 6.10. The van der Waals surface area contributed by atoms with Crippen LogP contribution >= 0.6 is 0 Å². The molecule has 1 aliphatic carbocycles. The van der Waals surface area contributed by atoms with Gasteiger partial charge in [0.25, 0.3) is 0 Å². The van der Waals surface area contributed by atoms with E-state index in [2.05, 4.69) is 10.3 Å². The van der Waals surface area contributed by atoms with Gasteiger partial charge in [-0.3, -0.25) is 9.59 Å². The Morgan fingerprint density at radius 2 is 2.22 bits per heavy atom. The van der Waals surface area contributed by atoms with E-state index in [-0.39, 0.29) is 17.7 Å². The van der Waals surface area contributed by atoms with E-state index in [0.29, 0.717) is 12.1 Å². The van der Waals surface area contributed by atoms with Gasteiger partial charge in [-0.15, -0.1) is 0 Å². The van der Waals surface area contributed by atoms with Crippen LogP contribution in [0.5, 0.6) is 0 Å². The maximum Gasteiger partial charge on any atom is 0.248 e. The van der Waals surface area contributed by atoms with Crippen molar-refractivity contribution in [2.24, 2.45) is 10.9 Å². The molecule has 0 spiro atoms. The second-order valence-electron chi connectivity index (χ2n) is 4.49. The minimum atomic E-state index is -0.123. The van der Waals surface area contributed by atoms with Crippen molar-refractivity contribution in [1.82, 2.24) is 5.32 Å². The molecule has 4 heteroatoms. The highest BCUT2D eigenvalue weighted by Crippen LogP contribution is 2.26. The summed E-state index contributed by atoms with van der Waals surface area (Å²) < 4.78 is 0. The van der Waals surface area contributed by atoms with Gasteiger partial charge in [0, 0.05) is 24.1 Å². The number of aliphatic imine (C=N–C) groups is 1. The van der Waals surface area contributed by atoms with Crippen LogP contribution in [0.3, 0.4) is 0 Å². The van der Waals surface area contributed by atoms with Crippen LogP contribution in [0.4, 0.5) is 0 Å². The van der Waals surface area contributed by atoms with Gasteiger partial charge in [0.1, 0.15) is 0 Å². The van der Waals surface area contributed by atoms with Gasteiger partial charge in [-0.25, -0.2) is 4.99 Å². The Bertz CT molecular complexity index is 510. The highest BCUT2D eigenvalue weighted by Gasteiger charge is 2.23. The van der Waals surface area contributed by atoms with Crippen LogP contribution in [-0.2, 0) is 9.59 Å². The molecule has 94 valence electrons. The second-order valence-corrected chi connectivity index (χ2v) is 4.49. The normalized spacial score (nSPS) is 24.2. The molecule has 0 saturated carbocycles. The van der Waals surface area contributed by atoms with Gasteiger partial charge in [-0.1, -0.05) is 18.6 Å². The molecule has 0 aromatic heterocycles. The van der Waals surface area contributed by atoms with Gasteiger partial charge < -0.3 is 5.32 Å². The topological polar surface area (TPSA) is 58.5 Å². The van der Waals surface area contributed by atoms with E-state index in [9.17, 15) is 9.59 Å². The number of hydrogen-bond donors (Lipinski definition) is 1. The summed E-state index contributed by atoms with van der Waals surface area (Å²) in [6, 6.07) is 0. The van der Waals surface area contributed by atoms with Crippen LogP contribution in [0.1, 0.15) is 26.7 Å². The highest BCUT2D eigenvalue weighted by molar-refractivity contribution is 6.11. The van der Waals surface area contributed by atoms with E-state index >= 15 is 0 Å². The Morgan fingerprint density at radius 1 is 1.44 bits per heavy atom. The lowest BCUT2D eigenvalue weighted by Gasteiger charge is -2.25. The van der Waals surface area contributed by atoms with E-state index in [4.69, 9.17) is 0 Å². The fourth-order valence-corrected chi connectivity index (χ4v) is 2.06. The largest absolute Gasteiger partial charge is 0.325 e. The monoisotopic (exact) mass is 244 g/mol. The van der Waals surface area contributed by atoms with Gasteiger partial charge in [-0.05, 0) is 25.5 Å². The zero-order valence-electron chi connectivity index (χ0n) is 10.6. The van der Waals surface area contributed by atoms with E-state index in [1.807, 2.05) is 26.0 Å².